The van der Waals surface area contributed by atoms with Crippen LogP contribution in [0, 0.1) is 5.92 Å². The number of rotatable bonds is 2. The van der Waals surface area contributed by atoms with E-state index in [1.807, 2.05) is 0 Å². The second-order valence-corrected chi connectivity index (χ2v) is 9.28. The molecule has 0 aromatic rings. The van der Waals surface area contributed by atoms with E-state index in [1.54, 1.807) is 0 Å². The highest BCUT2D eigenvalue weighted by molar-refractivity contribution is 9.10. The van der Waals surface area contributed by atoms with Crippen molar-refractivity contribution in [3.8, 4) is 0 Å². The van der Waals surface area contributed by atoms with Crippen molar-refractivity contribution in [1.29, 1.82) is 0 Å². The number of fused-ring (bicyclic) bond motifs is 1. The van der Waals surface area contributed by atoms with E-state index in [2.05, 4.69) is 20.7 Å². The fraction of sp³-hybridized carbons (Fsp3) is 0.818. The van der Waals surface area contributed by atoms with Crippen LogP contribution in [-0.4, -0.2) is 58.1 Å². The van der Waals surface area contributed by atoms with Crippen LogP contribution in [-0.2, 0) is 24.2 Å². The minimum absolute atomic E-state index is 0.582. The van der Waals surface area contributed by atoms with Crippen molar-refractivity contribution >= 4 is 37.6 Å². The molecule has 2 fully saturated rings. The number of methoxy groups -OCH3 is 1. The van der Waals surface area contributed by atoms with E-state index in [1.165, 1.54) is 20.8 Å². The van der Waals surface area contributed by atoms with Gasteiger partial charge in [0.25, 0.3) is 0 Å². The summed E-state index contributed by atoms with van der Waals surface area (Å²) in [5.74, 6) is -2.49. The molecular weight excluding hydrogens is 354 g/mol. The van der Waals surface area contributed by atoms with Crippen LogP contribution in [0.4, 0.5) is 0 Å². The van der Waals surface area contributed by atoms with E-state index in [9.17, 15) is 23.1 Å². The van der Waals surface area contributed by atoms with Gasteiger partial charge >= 0.3 is 5.97 Å². The van der Waals surface area contributed by atoms with Gasteiger partial charge in [-0.15, -0.1) is 0 Å². The van der Waals surface area contributed by atoms with Crippen LogP contribution in [0.1, 0.15) is 20.8 Å². The second kappa shape index (κ2) is 4.17. The van der Waals surface area contributed by atoms with Crippen LogP contribution in [0.5, 0.6) is 0 Å². The summed E-state index contributed by atoms with van der Waals surface area (Å²) in [5.41, 5.74) is 0. The van der Waals surface area contributed by atoms with Crippen LogP contribution >= 0.6 is 15.9 Å². The average molecular weight is 370 g/mol. The van der Waals surface area contributed by atoms with Crippen LogP contribution < -0.4 is 0 Å². The molecule has 2 heterocycles. The molecule has 1 amide bonds. The number of esters is 1. The standard InChI is InChI=1S/C11H16BrNO6S/c1-5(14)6-7(15)13-8(6)20(17,18)10(2,3)11(13,12)9(16)19-4/h5-6,8,14H,1-4H3/t5-,6-,8-,11+/m1/s1. The van der Waals surface area contributed by atoms with Crippen molar-refractivity contribution in [2.24, 2.45) is 5.92 Å². The number of halogens is 1. The van der Waals surface area contributed by atoms with E-state index < -0.39 is 48.3 Å². The van der Waals surface area contributed by atoms with E-state index in [-0.39, 0.29) is 0 Å². The Bertz CT molecular complexity index is 586. The number of β-lactam (4-membered cyclic amide) rings is 1. The topological polar surface area (TPSA) is 101 Å². The van der Waals surface area contributed by atoms with E-state index in [0.29, 0.717) is 0 Å². The predicted octanol–water partition coefficient (Wildman–Crippen LogP) is -0.377. The lowest BCUT2D eigenvalue weighted by Crippen LogP contribution is -2.69. The van der Waals surface area contributed by atoms with Crippen LogP contribution in [0.25, 0.3) is 0 Å². The highest BCUT2D eigenvalue weighted by Gasteiger charge is 2.79. The second-order valence-electron chi connectivity index (χ2n) is 5.53. The molecule has 4 atom stereocenters. The van der Waals surface area contributed by atoms with Gasteiger partial charge in [-0.2, -0.15) is 0 Å². The number of sulfone groups is 1. The van der Waals surface area contributed by atoms with E-state index in [0.717, 1.165) is 12.0 Å². The molecule has 2 aliphatic rings. The van der Waals surface area contributed by atoms with Crippen LogP contribution in [0.2, 0.25) is 0 Å². The van der Waals surface area contributed by atoms with Crippen molar-refractivity contribution in [2.75, 3.05) is 7.11 Å². The van der Waals surface area contributed by atoms with Gasteiger partial charge in [0, 0.05) is 0 Å². The van der Waals surface area contributed by atoms with Gasteiger partial charge in [-0.25, -0.2) is 13.2 Å². The molecule has 0 saturated carbocycles. The molecule has 2 aliphatic heterocycles. The maximum Gasteiger partial charge on any atom is 0.344 e. The maximum atomic E-state index is 12.6. The van der Waals surface area contributed by atoms with Crippen LogP contribution in [0.3, 0.4) is 0 Å². The zero-order chi connectivity index (χ0) is 15.7. The van der Waals surface area contributed by atoms with E-state index >= 15 is 0 Å². The smallest absolute Gasteiger partial charge is 0.344 e. The molecule has 0 aromatic carbocycles. The zero-order valence-corrected chi connectivity index (χ0v) is 13.9. The van der Waals surface area contributed by atoms with Crippen molar-refractivity contribution < 1.29 is 27.9 Å². The quantitative estimate of drug-likeness (QED) is 0.308. The Balaban J connectivity index is 2.66. The third-order valence-electron chi connectivity index (χ3n) is 4.22. The number of carbonyl (C=O) groups is 2. The summed E-state index contributed by atoms with van der Waals surface area (Å²) in [4.78, 5) is 25.2. The van der Waals surface area contributed by atoms with Gasteiger partial charge in [0.1, 0.15) is 4.75 Å². The molecular formula is C11H16BrNO6S. The first-order valence-corrected chi connectivity index (χ1v) is 8.32. The Hall–Kier alpha value is -0.670. The highest BCUT2D eigenvalue weighted by Crippen LogP contribution is 2.58. The average Bonchev–Trinajstić information content (AvgIpc) is 2.42. The zero-order valence-electron chi connectivity index (χ0n) is 11.5. The number of hydrogen-bond donors (Lipinski definition) is 1. The van der Waals surface area contributed by atoms with Gasteiger partial charge in [-0.05, 0) is 36.7 Å². The Morgan fingerprint density at radius 2 is 2.00 bits per heavy atom. The van der Waals surface area contributed by atoms with Gasteiger partial charge in [-0.1, -0.05) is 0 Å². The number of carbonyl (C=O) groups excluding carboxylic acids is 2. The lowest BCUT2D eigenvalue weighted by molar-refractivity contribution is -0.172. The van der Waals surface area contributed by atoms with Crippen LogP contribution in [0.15, 0.2) is 0 Å². The number of aliphatic hydroxyl groups excluding tert-OH is 1. The number of nitrogens with zero attached hydrogens (tertiary/aromatic N) is 1. The van der Waals surface area contributed by atoms with E-state index in [4.69, 9.17) is 0 Å². The molecule has 2 rings (SSSR count). The molecule has 20 heavy (non-hydrogen) atoms. The Morgan fingerprint density at radius 1 is 1.50 bits per heavy atom. The molecule has 0 aromatic heterocycles. The third kappa shape index (κ3) is 1.41. The van der Waals surface area contributed by atoms with Gasteiger partial charge in [0.05, 0.1) is 19.1 Å². The fourth-order valence-electron chi connectivity index (χ4n) is 2.85. The third-order valence-corrected chi connectivity index (χ3v) is 9.04. The molecule has 0 aliphatic carbocycles. The fourth-order valence-corrected chi connectivity index (χ4v) is 6.65. The summed E-state index contributed by atoms with van der Waals surface area (Å²) < 4.78 is 26.6. The molecule has 0 unspecified atom stereocenters. The molecule has 9 heteroatoms. The first kappa shape index (κ1) is 15.7. The highest BCUT2D eigenvalue weighted by atomic mass is 79.9. The predicted molar refractivity (Wildman–Crippen MR) is 72.5 cm³/mol. The normalized spacial score (nSPS) is 38.9. The molecule has 1 N–H and O–H groups in total. The first-order chi connectivity index (χ1) is 8.96. The number of ether oxygens (including phenoxy) is 1. The SMILES string of the molecule is COC(=O)[C@]1(Br)N2C(=O)[C@@H]([C@@H](C)O)[C@H]2S(=O)(=O)C1(C)C. The molecule has 2 saturated heterocycles. The number of amides is 1. The maximum absolute atomic E-state index is 12.6. The molecule has 0 radical (unpaired) electrons. The lowest BCUT2D eigenvalue weighted by atomic mass is 9.88. The number of alkyl halides is 1. The Labute approximate surface area is 125 Å². The molecule has 0 bridgehead atoms. The van der Waals surface area contributed by atoms with Crippen molar-refractivity contribution in [3.63, 3.8) is 0 Å². The summed E-state index contributed by atoms with van der Waals surface area (Å²) in [6, 6.07) is 0. The summed E-state index contributed by atoms with van der Waals surface area (Å²) in [5, 5.41) is 8.40. The number of aliphatic hydroxyl groups is 1. The molecule has 0 spiro atoms. The van der Waals surface area contributed by atoms with Crippen molar-refractivity contribution in [3.05, 3.63) is 0 Å². The molecule has 114 valence electrons. The monoisotopic (exact) mass is 369 g/mol. The Kier molecular flexibility index (Phi) is 3.28. The largest absolute Gasteiger partial charge is 0.467 e. The minimum atomic E-state index is -3.86. The Morgan fingerprint density at radius 3 is 2.40 bits per heavy atom. The lowest BCUT2D eigenvalue weighted by Gasteiger charge is -2.47. The first-order valence-electron chi connectivity index (χ1n) is 5.98. The van der Waals surface area contributed by atoms with Crippen molar-refractivity contribution in [2.45, 2.75) is 41.4 Å². The summed E-state index contributed by atoms with van der Waals surface area (Å²) >= 11 is 3.11. The summed E-state index contributed by atoms with van der Waals surface area (Å²) in [6.45, 7) is 4.08. The van der Waals surface area contributed by atoms with Gasteiger partial charge in [0.2, 0.25) is 10.4 Å². The summed E-state index contributed by atoms with van der Waals surface area (Å²) in [6.07, 6.45) is -1.11. The van der Waals surface area contributed by atoms with Gasteiger partial charge in [0.15, 0.2) is 15.2 Å². The summed E-state index contributed by atoms with van der Waals surface area (Å²) in [7, 11) is -2.74. The molecule has 7 nitrogen and oxygen atoms in total. The number of hydrogen-bond acceptors (Lipinski definition) is 6. The van der Waals surface area contributed by atoms with Crippen molar-refractivity contribution in [1.82, 2.24) is 4.90 Å². The minimum Gasteiger partial charge on any atom is -0.467 e. The van der Waals surface area contributed by atoms with Gasteiger partial charge in [-0.3, -0.25) is 9.69 Å². The van der Waals surface area contributed by atoms with Gasteiger partial charge < -0.3 is 9.84 Å².